The second kappa shape index (κ2) is 6.75. The first-order chi connectivity index (χ1) is 9.29. The largest absolute Gasteiger partial charge is 0.504 e. The van der Waals surface area contributed by atoms with E-state index in [9.17, 15) is 5.11 Å². The summed E-state index contributed by atoms with van der Waals surface area (Å²) in [5.41, 5.74) is 1.08. The zero-order chi connectivity index (χ0) is 13.5. The summed E-state index contributed by atoms with van der Waals surface area (Å²) in [5.74, 6) is 1.57. The van der Waals surface area contributed by atoms with Crippen LogP contribution in [0, 0.1) is 0 Å². The molecule has 0 spiro atoms. The van der Waals surface area contributed by atoms with Gasteiger partial charge in [0, 0.05) is 13.0 Å². The zero-order valence-corrected chi connectivity index (χ0v) is 10.9. The highest BCUT2D eigenvalue weighted by Crippen LogP contribution is 2.26. The smallest absolute Gasteiger partial charge is 0.160 e. The first kappa shape index (κ1) is 13.4. The summed E-state index contributed by atoms with van der Waals surface area (Å²) in [6, 6.07) is 5.35. The Morgan fingerprint density at radius 2 is 2.32 bits per heavy atom. The topological polar surface area (TPSA) is 83.1 Å². The monoisotopic (exact) mass is 262 g/mol. The molecule has 6 nitrogen and oxygen atoms in total. The minimum Gasteiger partial charge on any atom is -0.504 e. The number of methoxy groups -OCH3 is 1. The molecule has 1 aromatic carbocycles. The first-order valence-corrected chi connectivity index (χ1v) is 6.20. The van der Waals surface area contributed by atoms with Gasteiger partial charge in [-0.15, -0.1) is 0 Å². The van der Waals surface area contributed by atoms with Crippen molar-refractivity contribution >= 4 is 0 Å². The van der Waals surface area contributed by atoms with Crippen LogP contribution in [0.4, 0.5) is 0 Å². The van der Waals surface area contributed by atoms with Gasteiger partial charge in [0.2, 0.25) is 0 Å². The molecular weight excluding hydrogens is 244 g/mol. The van der Waals surface area contributed by atoms with Gasteiger partial charge in [0.1, 0.15) is 12.2 Å². The summed E-state index contributed by atoms with van der Waals surface area (Å²) in [6.45, 7) is 1.64. The number of hydrogen-bond donors (Lipinski definition) is 3. The van der Waals surface area contributed by atoms with Crippen LogP contribution >= 0.6 is 0 Å². The van der Waals surface area contributed by atoms with E-state index in [4.69, 9.17) is 4.74 Å². The molecule has 2 aromatic rings. The maximum absolute atomic E-state index is 9.49. The van der Waals surface area contributed by atoms with Crippen molar-refractivity contribution in [2.45, 2.75) is 19.4 Å². The van der Waals surface area contributed by atoms with Crippen LogP contribution in [0.5, 0.6) is 11.5 Å². The third-order valence-corrected chi connectivity index (χ3v) is 2.81. The van der Waals surface area contributed by atoms with Crippen molar-refractivity contribution in [1.82, 2.24) is 20.5 Å². The molecule has 0 fully saturated rings. The van der Waals surface area contributed by atoms with Crippen molar-refractivity contribution in [2.24, 2.45) is 0 Å². The Kier molecular flexibility index (Phi) is 4.74. The summed E-state index contributed by atoms with van der Waals surface area (Å²) >= 11 is 0. The fraction of sp³-hybridized carbons (Fsp3) is 0.385. The molecule has 6 heteroatoms. The quantitative estimate of drug-likeness (QED) is 0.654. The predicted molar refractivity (Wildman–Crippen MR) is 71.1 cm³/mol. The molecule has 0 aliphatic carbocycles. The third kappa shape index (κ3) is 3.96. The molecule has 0 atom stereocenters. The van der Waals surface area contributed by atoms with Crippen molar-refractivity contribution in [3.05, 3.63) is 35.9 Å². The number of ether oxygens (including phenoxy) is 1. The van der Waals surface area contributed by atoms with Gasteiger partial charge < -0.3 is 15.2 Å². The van der Waals surface area contributed by atoms with Crippen LogP contribution in [0.25, 0.3) is 0 Å². The minimum atomic E-state index is 0.163. The van der Waals surface area contributed by atoms with E-state index >= 15 is 0 Å². The molecule has 0 saturated heterocycles. The molecule has 2 rings (SSSR count). The van der Waals surface area contributed by atoms with Gasteiger partial charge in [-0.05, 0) is 30.7 Å². The Morgan fingerprint density at radius 1 is 1.42 bits per heavy atom. The number of benzene rings is 1. The van der Waals surface area contributed by atoms with E-state index in [1.807, 2.05) is 12.1 Å². The lowest BCUT2D eigenvalue weighted by molar-refractivity contribution is 0.373. The summed E-state index contributed by atoms with van der Waals surface area (Å²) in [6.07, 6.45) is 3.39. The average molecular weight is 262 g/mol. The number of rotatable bonds is 7. The van der Waals surface area contributed by atoms with Crippen molar-refractivity contribution in [1.29, 1.82) is 0 Å². The Morgan fingerprint density at radius 3 is 3.05 bits per heavy atom. The number of phenols is 1. The van der Waals surface area contributed by atoms with Gasteiger partial charge in [0.05, 0.1) is 7.11 Å². The van der Waals surface area contributed by atoms with Gasteiger partial charge in [-0.2, -0.15) is 5.10 Å². The normalized spacial score (nSPS) is 10.6. The Bertz CT molecular complexity index is 499. The SMILES string of the molecule is COc1cc(CNCCCc2ncn[nH]2)ccc1O. The van der Waals surface area contributed by atoms with Crippen LogP contribution in [-0.2, 0) is 13.0 Å². The lowest BCUT2D eigenvalue weighted by Gasteiger charge is -2.07. The number of aromatic amines is 1. The number of aryl methyl sites for hydroxylation is 1. The van der Waals surface area contributed by atoms with Crippen LogP contribution in [-0.4, -0.2) is 33.9 Å². The number of nitrogens with one attached hydrogen (secondary N) is 2. The molecule has 0 unspecified atom stereocenters. The van der Waals surface area contributed by atoms with Gasteiger partial charge in [-0.1, -0.05) is 6.07 Å². The van der Waals surface area contributed by atoms with Gasteiger partial charge in [-0.25, -0.2) is 4.98 Å². The Hall–Kier alpha value is -2.08. The van der Waals surface area contributed by atoms with Crippen molar-refractivity contribution < 1.29 is 9.84 Å². The van der Waals surface area contributed by atoms with Crippen molar-refractivity contribution in [3.63, 3.8) is 0 Å². The lowest BCUT2D eigenvalue weighted by Crippen LogP contribution is -2.15. The van der Waals surface area contributed by atoms with E-state index in [0.29, 0.717) is 5.75 Å². The first-order valence-electron chi connectivity index (χ1n) is 6.20. The van der Waals surface area contributed by atoms with Crippen molar-refractivity contribution in [3.8, 4) is 11.5 Å². The second-order valence-electron chi connectivity index (χ2n) is 4.22. The molecule has 3 N–H and O–H groups in total. The van der Waals surface area contributed by atoms with E-state index in [2.05, 4.69) is 20.5 Å². The molecule has 102 valence electrons. The van der Waals surface area contributed by atoms with Crippen LogP contribution < -0.4 is 10.1 Å². The lowest BCUT2D eigenvalue weighted by atomic mass is 10.2. The maximum Gasteiger partial charge on any atom is 0.160 e. The average Bonchev–Trinajstić information content (AvgIpc) is 2.93. The minimum absolute atomic E-state index is 0.163. The van der Waals surface area contributed by atoms with Gasteiger partial charge in [-0.3, -0.25) is 5.10 Å². The van der Waals surface area contributed by atoms with Gasteiger partial charge in [0.15, 0.2) is 11.5 Å². The number of aromatic nitrogens is 3. The van der Waals surface area contributed by atoms with Crippen LogP contribution in [0.1, 0.15) is 17.8 Å². The maximum atomic E-state index is 9.49. The van der Waals surface area contributed by atoms with E-state index in [1.165, 1.54) is 6.33 Å². The van der Waals surface area contributed by atoms with E-state index < -0.39 is 0 Å². The molecule has 1 aromatic heterocycles. The number of aromatic hydroxyl groups is 1. The zero-order valence-electron chi connectivity index (χ0n) is 10.9. The number of phenolic OH excluding ortho intramolecular Hbond substituents is 1. The summed E-state index contributed by atoms with van der Waals surface area (Å²) in [4.78, 5) is 4.07. The predicted octanol–water partition coefficient (Wildman–Crippen LogP) is 1.24. The molecular formula is C13H18N4O2. The highest BCUT2D eigenvalue weighted by atomic mass is 16.5. The Balaban J connectivity index is 1.70. The highest BCUT2D eigenvalue weighted by Gasteiger charge is 2.02. The highest BCUT2D eigenvalue weighted by molar-refractivity contribution is 5.41. The number of H-pyrrole nitrogens is 1. The molecule has 19 heavy (non-hydrogen) atoms. The molecule has 0 saturated carbocycles. The van der Waals surface area contributed by atoms with Crippen molar-refractivity contribution in [2.75, 3.05) is 13.7 Å². The fourth-order valence-corrected chi connectivity index (χ4v) is 1.80. The summed E-state index contributed by atoms with van der Waals surface area (Å²) < 4.78 is 5.06. The van der Waals surface area contributed by atoms with Crippen LogP contribution in [0.3, 0.4) is 0 Å². The number of hydrogen-bond acceptors (Lipinski definition) is 5. The van der Waals surface area contributed by atoms with E-state index in [0.717, 1.165) is 37.3 Å². The third-order valence-electron chi connectivity index (χ3n) is 2.81. The van der Waals surface area contributed by atoms with Gasteiger partial charge in [0.25, 0.3) is 0 Å². The molecule has 0 aliphatic heterocycles. The van der Waals surface area contributed by atoms with E-state index in [-0.39, 0.29) is 5.75 Å². The Labute approximate surface area is 111 Å². The molecule has 0 amide bonds. The summed E-state index contributed by atoms with van der Waals surface area (Å²) in [7, 11) is 1.55. The standard InChI is InChI=1S/C13H18N4O2/c1-19-12-7-10(4-5-11(12)18)8-14-6-2-3-13-15-9-16-17-13/h4-5,7,9,14,18H,2-3,6,8H2,1H3,(H,15,16,17). The van der Waals surface area contributed by atoms with Crippen LogP contribution in [0.15, 0.2) is 24.5 Å². The summed E-state index contributed by atoms with van der Waals surface area (Å²) in [5, 5.41) is 19.5. The molecule has 1 heterocycles. The molecule has 0 bridgehead atoms. The van der Waals surface area contributed by atoms with Gasteiger partial charge >= 0.3 is 0 Å². The van der Waals surface area contributed by atoms with E-state index in [1.54, 1.807) is 13.2 Å². The molecule has 0 radical (unpaired) electrons. The second-order valence-corrected chi connectivity index (χ2v) is 4.22. The number of nitrogens with zero attached hydrogens (tertiary/aromatic N) is 2. The molecule has 0 aliphatic rings. The van der Waals surface area contributed by atoms with Crippen LogP contribution in [0.2, 0.25) is 0 Å². The fourth-order valence-electron chi connectivity index (χ4n) is 1.80.